The minimum absolute atomic E-state index is 0.00387. The first-order valence-electron chi connectivity index (χ1n) is 7.04. The second-order valence-corrected chi connectivity index (χ2v) is 5.93. The number of aromatic hydroxyl groups is 1. The van der Waals surface area contributed by atoms with E-state index in [0.29, 0.717) is 25.5 Å². The van der Waals surface area contributed by atoms with Crippen LogP contribution in [0.25, 0.3) is 0 Å². The highest BCUT2D eigenvalue weighted by Crippen LogP contribution is 2.21. The maximum absolute atomic E-state index is 11.4. The van der Waals surface area contributed by atoms with Crippen LogP contribution in [0.1, 0.15) is 36.4 Å². The molecule has 2 aromatic heterocycles. The molecule has 0 spiro atoms. The van der Waals surface area contributed by atoms with Crippen molar-refractivity contribution in [3.8, 4) is 5.75 Å². The first-order chi connectivity index (χ1) is 10.5. The van der Waals surface area contributed by atoms with Crippen LogP contribution in [0.5, 0.6) is 5.75 Å². The van der Waals surface area contributed by atoms with Crippen LogP contribution in [0.4, 0.5) is 0 Å². The van der Waals surface area contributed by atoms with Crippen molar-refractivity contribution in [1.29, 1.82) is 0 Å². The van der Waals surface area contributed by atoms with E-state index in [4.69, 9.17) is 9.15 Å². The van der Waals surface area contributed by atoms with Gasteiger partial charge in [0.2, 0.25) is 5.43 Å². The normalized spacial score (nSPS) is 12.7. The SMILES string of the molecule is CCOC(C)c1nc(CN(C)Cc2cc(=O)c(O)co2)cs1. The van der Waals surface area contributed by atoms with E-state index < -0.39 is 5.43 Å². The summed E-state index contributed by atoms with van der Waals surface area (Å²) in [6.45, 7) is 5.71. The lowest BCUT2D eigenvalue weighted by Gasteiger charge is -2.14. The largest absolute Gasteiger partial charge is 0.502 e. The van der Waals surface area contributed by atoms with Gasteiger partial charge in [-0.2, -0.15) is 0 Å². The van der Waals surface area contributed by atoms with Gasteiger partial charge in [-0.25, -0.2) is 4.98 Å². The molecule has 0 aromatic carbocycles. The van der Waals surface area contributed by atoms with Crippen molar-refractivity contribution in [1.82, 2.24) is 9.88 Å². The Bertz CT molecular complexity index is 668. The molecule has 2 heterocycles. The molecule has 1 N–H and O–H groups in total. The molecule has 0 amide bonds. The van der Waals surface area contributed by atoms with Crippen LogP contribution in [0.3, 0.4) is 0 Å². The Hall–Kier alpha value is -1.70. The number of hydrogen-bond acceptors (Lipinski definition) is 7. The third-order valence-electron chi connectivity index (χ3n) is 3.06. The average molecular weight is 324 g/mol. The van der Waals surface area contributed by atoms with E-state index in [2.05, 4.69) is 4.98 Å². The monoisotopic (exact) mass is 324 g/mol. The number of aromatic nitrogens is 1. The van der Waals surface area contributed by atoms with E-state index in [1.165, 1.54) is 6.07 Å². The smallest absolute Gasteiger partial charge is 0.226 e. The lowest BCUT2D eigenvalue weighted by molar-refractivity contribution is 0.0760. The van der Waals surface area contributed by atoms with Crippen LogP contribution in [-0.2, 0) is 17.8 Å². The summed E-state index contributed by atoms with van der Waals surface area (Å²) in [5.41, 5.74) is 0.520. The standard InChI is InChI=1S/C15H20N2O4S/c1-4-20-10(2)15-16-11(9-22-15)6-17(3)7-12-5-13(18)14(19)8-21-12/h5,8-10,19H,4,6-7H2,1-3H3. The summed E-state index contributed by atoms with van der Waals surface area (Å²) in [6, 6.07) is 1.30. The third kappa shape index (κ3) is 4.40. The van der Waals surface area contributed by atoms with Gasteiger partial charge in [-0.05, 0) is 20.9 Å². The Morgan fingerprint density at radius 2 is 2.27 bits per heavy atom. The second-order valence-electron chi connectivity index (χ2n) is 5.04. The summed E-state index contributed by atoms with van der Waals surface area (Å²) < 4.78 is 10.7. The Morgan fingerprint density at radius 3 is 2.95 bits per heavy atom. The summed E-state index contributed by atoms with van der Waals surface area (Å²) in [5, 5.41) is 12.1. The zero-order valence-electron chi connectivity index (χ0n) is 12.9. The molecular weight excluding hydrogens is 304 g/mol. The van der Waals surface area contributed by atoms with Gasteiger partial charge in [-0.15, -0.1) is 11.3 Å². The van der Waals surface area contributed by atoms with Crippen molar-refractivity contribution in [3.05, 3.63) is 44.4 Å². The summed E-state index contributed by atoms with van der Waals surface area (Å²) in [6.07, 6.45) is 1.07. The van der Waals surface area contributed by atoms with E-state index in [-0.39, 0.29) is 11.9 Å². The molecule has 1 unspecified atom stereocenters. The van der Waals surface area contributed by atoms with Crippen LogP contribution >= 0.6 is 11.3 Å². The average Bonchev–Trinajstić information content (AvgIpc) is 2.91. The molecule has 0 aliphatic rings. The zero-order chi connectivity index (χ0) is 16.1. The van der Waals surface area contributed by atoms with Crippen molar-refractivity contribution in [2.24, 2.45) is 0 Å². The predicted molar refractivity (Wildman–Crippen MR) is 84.0 cm³/mol. The molecular formula is C15H20N2O4S. The molecule has 22 heavy (non-hydrogen) atoms. The number of thiazole rings is 1. The minimum atomic E-state index is -0.434. The Kier molecular flexibility index (Phi) is 5.70. The van der Waals surface area contributed by atoms with Gasteiger partial charge in [0.05, 0.1) is 12.2 Å². The van der Waals surface area contributed by atoms with E-state index in [0.717, 1.165) is 17.0 Å². The van der Waals surface area contributed by atoms with Crippen LogP contribution in [0, 0.1) is 0 Å². The maximum atomic E-state index is 11.4. The predicted octanol–water partition coefficient (Wildman–Crippen LogP) is 2.53. The first-order valence-corrected chi connectivity index (χ1v) is 7.92. The van der Waals surface area contributed by atoms with Crippen molar-refractivity contribution in [2.45, 2.75) is 33.0 Å². The van der Waals surface area contributed by atoms with E-state index >= 15 is 0 Å². The fraction of sp³-hybridized carbons (Fsp3) is 0.467. The van der Waals surface area contributed by atoms with Gasteiger partial charge in [0.15, 0.2) is 5.75 Å². The molecule has 2 aromatic rings. The molecule has 0 bridgehead atoms. The zero-order valence-corrected chi connectivity index (χ0v) is 13.7. The number of ether oxygens (including phenoxy) is 1. The van der Waals surface area contributed by atoms with Gasteiger partial charge < -0.3 is 14.3 Å². The first kappa shape index (κ1) is 16.7. The molecule has 120 valence electrons. The number of rotatable bonds is 7. The quantitative estimate of drug-likeness (QED) is 0.843. The van der Waals surface area contributed by atoms with Gasteiger partial charge in [-0.3, -0.25) is 9.69 Å². The maximum Gasteiger partial charge on any atom is 0.226 e. The lowest BCUT2D eigenvalue weighted by atomic mass is 10.3. The molecule has 7 heteroatoms. The van der Waals surface area contributed by atoms with Crippen molar-refractivity contribution in [2.75, 3.05) is 13.7 Å². The van der Waals surface area contributed by atoms with Crippen molar-refractivity contribution < 1.29 is 14.3 Å². The molecule has 0 aliphatic carbocycles. The topological polar surface area (TPSA) is 75.8 Å². The van der Waals surface area contributed by atoms with E-state index in [1.54, 1.807) is 11.3 Å². The van der Waals surface area contributed by atoms with Gasteiger partial charge in [0, 0.05) is 24.6 Å². The van der Waals surface area contributed by atoms with Gasteiger partial charge in [-0.1, -0.05) is 0 Å². The minimum Gasteiger partial charge on any atom is -0.502 e. The molecule has 0 aliphatic heterocycles. The molecule has 0 saturated carbocycles. The van der Waals surface area contributed by atoms with Crippen LogP contribution in [0.15, 0.2) is 26.9 Å². The van der Waals surface area contributed by atoms with Crippen LogP contribution in [0.2, 0.25) is 0 Å². The molecule has 1 atom stereocenters. The number of hydrogen-bond donors (Lipinski definition) is 1. The molecule has 6 nitrogen and oxygen atoms in total. The summed E-state index contributed by atoms with van der Waals surface area (Å²) in [7, 11) is 1.91. The number of nitrogens with zero attached hydrogens (tertiary/aromatic N) is 2. The van der Waals surface area contributed by atoms with Crippen LogP contribution < -0.4 is 5.43 Å². The van der Waals surface area contributed by atoms with Crippen LogP contribution in [-0.4, -0.2) is 28.6 Å². The third-order valence-corrected chi connectivity index (χ3v) is 4.11. The van der Waals surface area contributed by atoms with Crippen molar-refractivity contribution >= 4 is 11.3 Å². The molecule has 0 saturated heterocycles. The lowest BCUT2D eigenvalue weighted by Crippen LogP contribution is -2.18. The fourth-order valence-electron chi connectivity index (χ4n) is 2.03. The van der Waals surface area contributed by atoms with Gasteiger partial charge >= 0.3 is 0 Å². The summed E-state index contributed by atoms with van der Waals surface area (Å²) in [5.74, 6) is 0.129. The molecule has 0 fully saturated rings. The highest BCUT2D eigenvalue weighted by Gasteiger charge is 2.12. The van der Waals surface area contributed by atoms with Gasteiger partial charge in [0.1, 0.15) is 23.1 Å². The Balaban J connectivity index is 1.95. The molecule has 2 rings (SSSR count). The highest BCUT2D eigenvalue weighted by atomic mass is 32.1. The Labute approximate surface area is 133 Å². The highest BCUT2D eigenvalue weighted by molar-refractivity contribution is 7.09. The Morgan fingerprint density at radius 1 is 1.50 bits per heavy atom. The van der Waals surface area contributed by atoms with Gasteiger partial charge in [0.25, 0.3) is 0 Å². The fourth-order valence-corrected chi connectivity index (χ4v) is 2.84. The van der Waals surface area contributed by atoms with Crippen molar-refractivity contribution in [3.63, 3.8) is 0 Å². The molecule has 0 radical (unpaired) electrons. The van der Waals surface area contributed by atoms with E-state index in [1.807, 2.05) is 31.2 Å². The van der Waals surface area contributed by atoms with E-state index in [9.17, 15) is 9.90 Å². The summed E-state index contributed by atoms with van der Waals surface area (Å²) >= 11 is 1.58. The second kappa shape index (κ2) is 7.53. The summed E-state index contributed by atoms with van der Waals surface area (Å²) in [4.78, 5) is 17.9.